The highest BCUT2D eigenvalue weighted by molar-refractivity contribution is 9.10. The van der Waals surface area contributed by atoms with Gasteiger partial charge in [0.05, 0.1) is 0 Å². The lowest BCUT2D eigenvalue weighted by Gasteiger charge is -2.06. The van der Waals surface area contributed by atoms with Crippen molar-refractivity contribution < 1.29 is 4.79 Å². The number of hydrogen-bond donors (Lipinski definition) is 2. The molecule has 0 saturated carbocycles. The average molecular weight is 341 g/mol. The smallest absolute Gasteiger partial charge is 0.272 e. The molecule has 3 rings (SSSR count). The fraction of sp³-hybridized carbons (Fsp3) is 0. The van der Waals surface area contributed by atoms with Gasteiger partial charge in [-0.3, -0.25) is 4.79 Å². The highest BCUT2D eigenvalue weighted by Gasteiger charge is 2.08. The summed E-state index contributed by atoms with van der Waals surface area (Å²) in [5.41, 5.74) is 3.57. The van der Waals surface area contributed by atoms with Crippen LogP contribution in [0.2, 0.25) is 0 Å². The first-order chi connectivity index (χ1) is 10.2. The Balaban J connectivity index is 1.74. The number of carbonyl (C=O) groups is 1. The third kappa shape index (κ3) is 3.23. The van der Waals surface area contributed by atoms with Crippen molar-refractivity contribution in [3.05, 3.63) is 77.0 Å². The number of amides is 1. The van der Waals surface area contributed by atoms with E-state index in [9.17, 15) is 4.79 Å². The second-order valence-corrected chi connectivity index (χ2v) is 5.54. The van der Waals surface area contributed by atoms with Crippen molar-refractivity contribution in [2.75, 3.05) is 5.32 Å². The molecule has 0 spiro atoms. The largest absolute Gasteiger partial charge is 0.356 e. The molecule has 0 radical (unpaired) electrons. The van der Waals surface area contributed by atoms with Crippen molar-refractivity contribution in [1.82, 2.24) is 4.98 Å². The first-order valence-corrected chi connectivity index (χ1v) is 7.32. The molecule has 0 aliphatic heterocycles. The van der Waals surface area contributed by atoms with Crippen molar-refractivity contribution in [2.45, 2.75) is 0 Å². The number of aromatic amines is 1. The molecule has 1 aromatic heterocycles. The Morgan fingerprint density at radius 3 is 2.24 bits per heavy atom. The summed E-state index contributed by atoms with van der Waals surface area (Å²) in [6.45, 7) is 0. The van der Waals surface area contributed by atoms with E-state index in [-0.39, 0.29) is 5.91 Å². The number of hydrogen-bond acceptors (Lipinski definition) is 1. The Kier molecular flexibility index (Phi) is 3.88. The topological polar surface area (TPSA) is 44.9 Å². The zero-order valence-corrected chi connectivity index (χ0v) is 12.7. The number of nitrogens with one attached hydrogen (secondary N) is 2. The minimum atomic E-state index is -0.159. The van der Waals surface area contributed by atoms with E-state index in [0.717, 1.165) is 21.3 Å². The fourth-order valence-electron chi connectivity index (χ4n) is 2.07. The van der Waals surface area contributed by atoms with Crippen molar-refractivity contribution in [2.24, 2.45) is 0 Å². The predicted molar refractivity (Wildman–Crippen MR) is 88.3 cm³/mol. The van der Waals surface area contributed by atoms with Crippen molar-refractivity contribution in [3.8, 4) is 11.1 Å². The summed E-state index contributed by atoms with van der Waals surface area (Å²) < 4.78 is 0.854. The molecule has 4 heteroatoms. The maximum atomic E-state index is 12.0. The zero-order chi connectivity index (χ0) is 14.7. The number of aromatic nitrogens is 1. The van der Waals surface area contributed by atoms with Gasteiger partial charge in [0.2, 0.25) is 0 Å². The number of H-pyrrole nitrogens is 1. The Hall–Kier alpha value is -2.33. The van der Waals surface area contributed by atoms with Crippen LogP contribution in [-0.2, 0) is 0 Å². The molecule has 0 aliphatic carbocycles. The molecule has 1 amide bonds. The van der Waals surface area contributed by atoms with Crippen LogP contribution in [-0.4, -0.2) is 10.9 Å². The molecule has 0 bridgehead atoms. The van der Waals surface area contributed by atoms with E-state index in [1.54, 1.807) is 12.3 Å². The van der Waals surface area contributed by atoms with Crippen LogP contribution < -0.4 is 5.32 Å². The summed E-state index contributed by atoms with van der Waals surface area (Å²) in [6.07, 6.45) is 1.73. The molecule has 0 aliphatic rings. The van der Waals surface area contributed by atoms with Crippen molar-refractivity contribution in [1.29, 1.82) is 0 Å². The van der Waals surface area contributed by atoms with E-state index >= 15 is 0 Å². The number of halogens is 1. The lowest BCUT2D eigenvalue weighted by molar-refractivity contribution is 0.102. The van der Waals surface area contributed by atoms with Gasteiger partial charge >= 0.3 is 0 Å². The van der Waals surface area contributed by atoms with Gasteiger partial charge in [0.15, 0.2) is 0 Å². The molecule has 3 nitrogen and oxygen atoms in total. The third-order valence-corrected chi connectivity index (χ3v) is 3.60. The van der Waals surface area contributed by atoms with Crippen LogP contribution in [0.3, 0.4) is 0 Å². The summed E-state index contributed by atoms with van der Waals surface area (Å²) in [5.74, 6) is -0.159. The van der Waals surface area contributed by atoms with Gasteiger partial charge in [0, 0.05) is 16.4 Å². The SMILES string of the molecule is O=C(Nc1ccc(-c2ccccc2)cc1)c1cc(Br)c[nH]1. The van der Waals surface area contributed by atoms with Crippen LogP contribution in [0.1, 0.15) is 10.5 Å². The molecule has 0 unspecified atom stereocenters. The van der Waals surface area contributed by atoms with E-state index < -0.39 is 0 Å². The van der Waals surface area contributed by atoms with Crippen LogP contribution in [0.15, 0.2) is 71.3 Å². The molecule has 0 saturated heterocycles. The number of benzene rings is 2. The van der Waals surface area contributed by atoms with Gasteiger partial charge in [0.1, 0.15) is 5.69 Å². The molecule has 2 N–H and O–H groups in total. The molecule has 3 aromatic rings. The van der Waals surface area contributed by atoms with Gasteiger partial charge < -0.3 is 10.3 Å². The summed E-state index contributed by atoms with van der Waals surface area (Å²) in [6, 6.07) is 19.7. The molecule has 0 atom stereocenters. The van der Waals surface area contributed by atoms with Crippen LogP contribution >= 0.6 is 15.9 Å². The molecular formula is C17H13BrN2O. The predicted octanol–water partition coefficient (Wildman–Crippen LogP) is 4.70. The first kappa shape index (κ1) is 13.6. The summed E-state index contributed by atoms with van der Waals surface area (Å²) >= 11 is 3.31. The molecule has 104 valence electrons. The summed E-state index contributed by atoms with van der Waals surface area (Å²) in [7, 11) is 0. The maximum absolute atomic E-state index is 12.0. The van der Waals surface area contributed by atoms with Gasteiger partial charge in [-0.15, -0.1) is 0 Å². The molecule has 2 aromatic carbocycles. The Labute approximate surface area is 131 Å². The van der Waals surface area contributed by atoms with Gasteiger partial charge in [-0.2, -0.15) is 0 Å². The quantitative estimate of drug-likeness (QED) is 0.713. The number of anilines is 1. The van der Waals surface area contributed by atoms with Gasteiger partial charge in [-0.1, -0.05) is 42.5 Å². The summed E-state index contributed by atoms with van der Waals surface area (Å²) in [4.78, 5) is 14.9. The first-order valence-electron chi connectivity index (χ1n) is 6.53. The molecule has 21 heavy (non-hydrogen) atoms. The van der Waals surface area contributed by atoms with Crippen LogP contribution in [0.25, 0.3) is 11.1 Å². The molecule has 0 fully saturated rings. The highest BCUT2D eigenvalue weighted by Crippen LogP contribution is 2.21. The van der Waals surface area contributed by atoms with Gasteiger partial charge in [-0.25, -0.2) is 0 Å². The minimum absolute atomic E-state index is 0.159. The van der Waals surface area contributed by atoms with E-state index in [2.05, 4.69) is 38.4 Å². The zero-order valence-electron chi connectivity index (χ0n) is 11.1. The molecule has 1 heterocycles. The summed E-state index contributed by atoms with van der Waals surface area (Å²) in [5, 5.41) is 2.86. The van der Waals surface area contributed by atoms with Crippen LogP contribution in [0.5, 0.6) is 0 Å². The minimum Gasteiger partial charge on any atom is -0.356 e. The van der Waals surface area contributed by atoms with Crippen molar-refractivity contribution in [3.63, 3.8) is 0 Å². The Bertz CT molecular complexity index is 748. The van der Waals surface area contributed by atoms with E-state index in [1.807, 2.05) is 42.5 Å². The number of rotatable bonds is 3. The number of carbonyl (C=O) groups excluding carboxylic acids is 1. The molecular weight excluding hydrogens is 328 g/mol. The standard InChI is InChI=1S/C17H13BrN2O/c18-14-10-16(19-11-14)17(21)20-15-8-6-13(7-9-15)12-4-2-1-3-5-12/h1-11,19H,(H,20,21). The lowest BCUT2D eigenvalue weighted by atomic mass is 10.1. The Morgan fingerprint density at radius 2 is 1.62 bits per heavy atom. The van der Waals surface area contributed by atoms with E-state index in [0.29, 0.717) is 5.69 Å². The highest BCUT2D eigenvalue weighted by atomic mass is 79.9. The second-order valence-electron chi connectivity index (χ2n) is 4.63. The maximum Gasteiger partial charge on any atom is 0.272 e. The third-order valence-electron chi connectivity index (χ3n) is 3.14. The van der Waals surface area contributed by atoms with Crippen molar-refractivity contribution >= 4 is 27.5 Å². The normalized spacial score (nSPS) is 10.3. The van der Waals surface area contributed by atoms with Gasteiger partial charge in [0.25, 0.3) is 5.91 Å². The van der Waals surface area contributed by atoms with E-state index in [1.165, 1.54) is 0 Å². The lowest BCUT2D eigenvalue weighted by Crippen LogP contribution is -2.11. The van der Waals surface area contributed by atoms with E-state index in [4.69, 9.17) is 0 Å². The van der Waals surface area contributed by atoms with Crippen LogP contribution in [0.4, 0.5) is 5.69 Å². The van der Waals surface area contributed by atoms with Crippen LogP contribution in [0, 0.1) is 0 Å². The average Bonchev–Trinajstić information content (AvgIpc) is 2.96. The fourth-order valence-corrected chi connectivity index (χ4v) is 2.42. The Morgan fingerprint density at radius 1 is 0.952 bits per heavy atom. The van der Waals surface area contributed by atoms with Gasteiger partial charge in [-0.05, 0) is 45.3 Å². The monoisotopic (exact) mass is 340 g/mol. The second kappa shape index (κ2) is 5.97.